The highest BCUT2D eigenvalue weighted by molar-refractivity contribution is 5.86. The molecule has 0 aliphatic rings. The summed E-state index contributed by atoms with van der Waals surface area (Å²) < 4.78 is 9.83. The van der Waals surface area contributed by atoms with E-state index in [0.29, 0.717) is 16.8 Å². The fourth-order valence-corrected chi connectivity index (χ4v) is 1.78. The van der Waals surface area contributed by atoms with Gasteiger partial charge in [0, 0.05) is 0 Å². The number of fused-ring (bicyclic) bond motifs is 1. The molecular formula is C12H11N5O4. The predicted octanol–water partition coefficient (Wildman–Crippen LogP) is 0.638. The third-order valence-electron chi connectivity index (χ3n) is 2.80. The van der Waals surface area contributed by atoms with Gasteiger partial charge < -0.3 is 14.5 Å². The van der Waals surface area contributed by atoms with Gasteiger partial charge in [-0.1, -0.05) is 0 Å². The number of H-pyrrole nitrogens is 2. The Hall–Kier alpha value is -3.10. The molecule has 0 radical (unpaired) electrons. The van der Waals surface area contributed by atoms with Gasteiger partial charge in [0.2, 0.25) is 11.7 Å². The number of aromatic amines is 2. The van der Waals surface area contributed by atoms with Crippen molar-refractivity contribution in [1.82, 2.24) is 20.2 Å². The molecule has 0 aliphatic carbocycles. The second-order valence-electron chi connectivity index (χ2n) is 4.16. The highest BCUT2D eigenvalue weighted by Crippen LogP contribution is 2.11. The maximum absolute atomic E-state index is 11.7. The van der Waals surface area contributed by atoms with Crippen molar-refractivity contribution in [3.8, 4) is 0 Å². The topological polar surface area (TPSA) is 126 Å². The maximum Gasteiger partial charge on any atom is 0.373 e. The van der Waals surface area contributed by atoms with Gasteiger partial charge in [0.05, 0.1) is 19.9 Å². The molecule has 3 aromatic heterocycles. The summed E-state index contributed by atoms with van der Waals surface area (Å²) in [6.45, 7) is 0.250. The molecule has 0 bridgehead atoms. The Morgan fingerprint density at radius 3 is 3.14 bits per heavy atom. The number of ether oxygens (including phenoxy) is 1. The Kier molecular flexibility index (Phi) is 3.14. The molecule has 0 aromatic carbocycles. The number of aromatic nitrogens is 4. The molecule has 3 heterocycles. The SMILES string of the molecule is COC(=O)c1ccc(CNc2nc3[nH]ncc3c(=O)[nH]2)o1. The number of rotatable bonds is 4. The molecule has 0 saturated heterocycles. The Labute approximate surface area is 117 Å². The van der Waals surface area contributed by atoms with E-state index in [1.54, 1.807) is 6.07 Å². The van der Waals surface area contributed by atoms with Gasteiger partial charge >= 0.3 is 5.97 Å². The lowest BCUT2D eigenvalue weighted by Gasteiger charge is -2.02. The third kappa shape index (κ3) is 2.48. The predicted molar refractivity (Wildman–Crippen MR) is 71.9 cm³/mol. The molecule has 0 spiro atoms. The second-order valence-corrected chi connectivity index (χ2v) is 4.16. The molecule has 0 amide bonds. The third-order valence-corrected chi connectivity index (χ3v) is 2.80. The minimum absolute atomic E-state index is 0.111. The van der Waals surface area contributed by atoms with Gasteiger partial charge in [-0.05, 0) is 12.1 Å². The summed E-state index contributed by atoms with van der Waals surface area (Å²) in [6, 6.07) is 3.14. The molecule has 0 atom stereocenters. The van der Waals surface area contributed by atoms with E-state index in [2.05, 4.69) is 30.2 Å². The standard InChI is InChI=1S/C12H11N5O4/c1-20-11(19)8-3-2-6(21-8)4-13-12-15-9-7(5-14-17-9)10(18)16-12/h2-3,5H,4H2,1H3,(H3,13,14,15,16,17,18). The first-order valence-electron chi connectivity index (χ1n) is 6.01. The first kappa shape index (κ1) is 12.9. The van der Waals surface area contributed by atoms with Crippen LogP contribution in [0.5, 0.6) is 0 Å². The molecule has 9 nitrogen and oxygen atoms in total. The van der Waals surface area contributed by atoms with E-state index < -0.39 is 5.97 Å². The quantitative estimate of drug-likeness (QED) is 0.601. The van der Waals surface area contributed by atoms with Crippen LogP contribution in [-0.4, -0.2) is 33.2 Å². The lowest BCUT2D eigenvalue weighted by Crippen LogP contribution is -2.12. The van der Waals surface area contributed by atoms with Gasteiger partial charge in [-0.25, -0.2) is 4.79 Å². The van der Waals surface area contributed by atoms with E-state index >= 15 is 0 Å². The van der Waals surface area contributed by atoms with Crippen molar-refractivity contribution in [3.05, 3.63) is 40.2 Å². The first-order valence-corrected chi connectivity index (χ1v) is 6.01. The fraction of sp³-hybridized carbons (Fsp3) is 0.167. The summed E-state index contributed by atoms with van der Waals surface area (Å²) in [5.74, 6) is 0.335. The number of nitrogens with zero attached hydrogens (tertiary/aromatic N) is 2. The number of furan rings is 1. The Balaban J connectivity index is 1.75. The number of nitrogens with one attached hydrogen (secondary N) is 3. The van der Waals surface area contributed by atoms with Gasteiger partial charge in [0.25, 0.3) is 5.56 Å². The van der Waals surface area contributed by atoms with Crippen LogP contribution in [-0.2, 0) is 11.3 Å². The number of methoxy groups -OCH3 is 1. The number of hydrogen-bond acceptors (Lipinski definition) is 7. The van der Waals surface area contributed by atoms with E-state index in [-0.39, 0.29) is 23.8 Å². The van der Waals surface area contributed by atoms with Crippen molar-refractivity contribution in [3.63, 3.8) is 0 Å². The molecule has 0 unspecified atom stereocenters. The lowest BCUT2D eigenvalue weighted by molar-refractivity contribution is 0.0563. The fourth-order valence-electron chi connectivity index (χ4n) is 1.78. The number of esters is 1. The monoisotopic (exact) mass is 289 g/mol. The number of anilines is 1. The number of carbonyl (C=O) groups is 1. The molecular weight excluding hydrogens is 278 g/mol. The zero-order chi connectivity index (χ0) is 14.8. The van der Waals surface area contributed by atoms with Crippen LogP contribution in [0.15, 0.2) is 27.5 Å². The van der Waals surface area contributed by atoms with Crippen molar-refractivity contribution in [2.75, 3.05) is 12.4 Å². The summed E-state index contributed by atoms with van der Waals surface area (Å²) in [5.41, 5.74) is 0.0851. The second kappa shape index (κ2) is 5.12. The van der Waals surface area contributed by atoms with E-state index in [4.69, 9.17) is 4.42 Å². The minimum Gasteiger partial charge on any atom is -0.463 e. The highest BCUT2D eigenvalue weighted by atomic mass is 16.5. The van der Waals surface area contributed by atoms with E-state index in [1.165, 1.54) is 19.4 Å². The van der Waals surface area contributed by atoms with Gasteiger partial charge in [-0.2, -0.15) is 10.1 Å². The first-order chi connectivity index (χ1) is 10.2. The number of carbonyl (C=O) groups excluding carboxylic acids is 1. The molecule has 21 heavy (non-hydrogen) atoms. The Morgan fingerprint density at radius 1 is 1.48 bits per heavy atom. The summed E-state index contributed by atoms with van der Waals surface area (Å²) in [6.07, 6.45) is 1.40. The van der Waals surface area contributed by atoms with Crippen LogP contribution >= 0.6 is 0 Å². The zero-order valence-corrected chi connectivity index (χ0v) is 11.0. The van der Waals surface area contributed by atoms with Crippen molar-refractivity contribution in [2.45, 2.75) is 6.54 Å². The Bertz CT molecular complexity index is 847. The van der Waals surface area contributed by atoms with Crippen LogP contribution in [0.3, 0.4) is 0 Å². The van der Waals surface area contributed by atoms with Crippen LogP contribution < -0.4 is 10.9 Å². The zero-order valence-electron chi connectivity index (χ0n) is 11.0. The highest BCUT2D eigenvalue weighted by Gasteiger charge is 2.11. The molecule has 3 N–H and O–H groups in total. The van der Waals surface area contributed by atoms with E-state index in [0.717, 1.165) is 0 Å². The normalized spacial score (nSPS) is 10.7. The van der Waals surface area contributed by atoms with Crippen LogP contribution in [0.2, 0.25) is 0 Å². The molecule has 3 rings (SSSR count). The van der Waals surface area contributed by atoms with E-state index in [9.17, 15) is 9.59 Å². The van der Waals surface area contributed by atoms with Crippen molar-refractivity contribution in [1.29, 1.82) is 0 Å². The van der Waals surface area contributed by atoms with Gasteiger partial charge in [-0.15, -0.1) is 0 Å². The smallest absolute Gasteiger partial charge is 0.373 e. The van der Waals surface area contributed by atoms with Crippen molar-refractivity contribution >= 4 is 23.0 Å². The largest absolute Gasteiger partial charge is 0.463 e. The van der Waals surface area contributed by atoms with Gasteiger partial charge in [0.1, 0.15) is 11.1 Å². The summed E-state index contributed by atoms with van der Waals surface area (Å²) in [5, 5.41) is 9.64. The molecule has 0 saturated carbocycles. The van der Waals surface area contributed by atoms with Gasteiger partial charge in [0.15, 0.2) is 5.65 Å². The molecule has 108 valence electrons. The lowest BCUT2D eigenvalue weighted by atomic mass is 10.4. The van der Waals surface area contributed by atoms with Crippen molar-refractivity contribution in [2.24, 2.45) is 0 Å². The number of hydrogen-bond donors (Lipinski definition) is 3. The minimum atomic E-state index is -0.549. The molecule has 3 aromatic rings. The van der Waals surface area contributed by atoms with Crippen LogP contribution in [0.4, 0.5) is 5.95 Å². The van der Waals surface area contributed by atoms with Crippen LogP contribution in [0, 0.1) is 0 Å². The van der Waals surface area contributed by atoms with Crippen LogP contribution in [0.1, 0.15) is 16.3 Å². The van der Waals surface area contributed by atoms with Crippen molar-refractivity contribution < 1.29 is 13.9 Å². The molecule has 0 fully saturated rings. The maximum atomic E-state index is 11.7. The Morgan fingerprint density at radius 2 is 2.33 bits per heavy atom. The average Bonchev–Trinajstić information content (AvgIpc) is 3.13. The summed E-state index contributed by atoms with van der Waals surface area (Å²) >= 11 is 0. The average molecular weight is 289 g/mol. The van der Waals surface area contributed by atoms with Crippen LogP contribution in [0.25, 0.3) is 11.0 Å². The molecule has 9 heteroatoms. The van der Waals surface area contributed by atoms with E-state index in [1.807, 2.05) is 0 Å². The summed E-state index contributed by atoms with van der Waals surface area (Å²) in [7, 11) is 1.27. The molecule has 0 aliphatic heterocycles. The van der Waals surface area contributed by atoms with Gasteiger partial charge in [-0.3, -0.25) is 14.9 Å². The summed E-state index contributed by atoms with van der Waals surface area (Å²) in [4.78, 5) is 29.7.